The highest BCUT2D eigenvalue weighted by molar-refractivity contribution is 5.89. The lowest BCUT2D eigenvalue weighted by molar-refractivity contribution is -0.158. The average molecular weight is 290 g/mol. The zero-order valence-corrected chi connectivity index (χ0v) is 11.9. The van der Waals surface area contributed by atoms with E-state index in [-0.39, 0.29) is 6.10 Å². The Hall–Kier alpha value is -1.69. The summed E-state index contributed by atoms with van der Waals surface area (Å²) in [6.07, 6.45) is 0.887. The van der Waals surface area contributed by atoms with Crippen molar-refractivity contribution >= 4 is 5.97 Å². The molecule has 0 radical (unpaired) electrons. The lowest BCUT2D eigenvalue weighted by Crippen LogP contribution is -2.46. The van der Waals surface area contributed by atoms with Crippen molar-refractivity contribution in [1.29, 1.82) is 0 Å². The Labute approximate surface area is 123 Å². The molecule has 4 atom stereocenters. The predicted molar refractivity (Wildman–Crippen MR) is 74.6 cm³/mol. The maximum atomic E-state index is 12.0. The first-order chi connectivity index (χ1) is 9.96. The number of fused-ring (bicyclic) bond motifs is 1. The van der Waals surface area contributed by atoms with Crippen LogP contribution in [0.5, 0.6) is 0 Å². The zero-order chi connectivity index (χ0) is 15.0. The second-order valence-corrected chi connectivity index (χ2v) is 5.68. The minimum atomic E-state index is -0.950. The van der Waals surface area contributed by atoms with E-state index in [4.69, 9.17) is 14.2 Å². The van der Waals surface area contributed by atoms with Gasteiger partial charge in [-0.3, -0.25) is 0 Å². The molecule has 0 aromatic heterocycles. The minimum Gasteiger partial charge on any atom is -0.452 e. The summed E-state index contributed by atoms with van der Waals surface area (Å²) in [5, 5.41) is 10.3. The van der Waals surface area contributed by atoms with Crippen LogP contribution in [-0.4, -0.2) is 41.3 Å². The molecule has 1 fully saturated rings. The molecule has 0 bridgehead atoms. The highest BCUT2D eigenvalue weighted by Gasteiger charge is 2.48. The SMILES string of the molecule is CC1(C)O[C@H]2[C@@H](O)[C@@H](OC(=O)c3ccccc3)C=C[C@H]2O1. The van der Waals surface area contributed by atoms with Gasteiger partial charge in [0, 0.05) is 0 Å². The van der Waals surface area contributed by atoms with Crippen molar-refractivity contribution in [3.05, 3.63) is 48.0 Å². The van der Waals surface area contributed by atoms with E-state index in [0.29, 0.717) is 5.56 Å². The number of aliphatic hydroxyl groups excluding tert-OH is 1. The molecule has 21 heavy (non-hydrogen) atoms. The van der Waals surface area contributed by atoms with E-state index in [9.17, 15) is 9.90 Å². The van der Waals surface area contributed by atoms with E-state index in [1.807, 2.05) is 6.07 Å². The van der Waals surface area contributed by atoms with Gasteiger partial charge in [0.2, 0.25) is 0 Å². The van der Waals surface area contributed by atoms with Crippen LogP contribution in [-0.2, 0) is 14.2 Å². The molecule has 1 saturated heterocycles. The first-order valence-corrected chi connectivity index (χ1v) is 6.94. The summed E-state index contributed by atoms with van der Waals surface area (Å²) in [6.45, 7) is 3.58. The summed E-state index contributed by atoms with van der Waals surface area (Å²) < 4.78 is 16.7. The number of carbonyl (C=O) groups excluding carboxylic acids is 1. The molecule has 0 unspecified atom stereocenters. The summed E-state index contributed by atoms with van der Waals surface area (Å²) in [4.78, 5) is 12.0. The lowest BCUT2D eigenvalue weighted by Gasteiger charge is -2.30. The van der Waals surface area contributed by atoms with Crippen LogP contribution < -0.4 is 0 Å². The van der Waals surface area contributed by atoms with Gasteiger partial charge < -0.3 is 19.3 Å². The average Bonchev–Trinajstić information content (AvgIpc) is 2.78. The Morgan fingerprint density at radius 3 is 2.62 bits per heavy atom. The van der Waals surface area contributed by atoms with Crippen molar-refractivity contribution < 1.29 is 24.1 Å². The Morgan fingerprint density at radius 2 is 1.90 bits per heavy atom. The zero-order valence-electron chi connectivity index (χ0n) is 11.9. The van der Waals surface area contributed by atoms with E-state index in [0.717, 1.165) is 0 Å². The van der Waals surface area contributed by atoms with Crippen molar-refractivity contribution in [1.82, 2.24) is 0 Å². The number of ether oxygens (including phenoxy) is 3. The summed E-state index contributed by atoms with van der Waals surface area (Å²) >= 11 is 0. The normalized spacial score (nSPS) is 33.5. The van der Waals surface area contributed by atoms with Gasteiger partial charge in [0.25, 0.3) is 0 Å². The fourth-order valence-corrected chi connectivity index (χ4v) is 2.62. The largest absolute Gasteiger partial charge is 0.452 e. The summed E-state index contributed by atoms with van der Waals surface area (Å²) in [6, 6.07) is 8.68. The smallest absolute Gasteiger partial charge is 0.338 e. The number of carbonyl (C=O) groups is 1. The lowest BCUT2D eigenvalue weighted by atomic mass is 9.96. The highest BCUT2D eigenvalue weighted by atomic mass is 16.8. The van der Waals surface area contributed by atoms with Crippen LogP contribution in [0.4, 0.5) is 0 Å². The quantitative estimate of drug-likeness (QED) is 0.663. The molecule has 2 aliphatic rings. The van der Waals surface area contributed by atoms with Crippen LogP contribution in [0.3, 0.4) is 0 Å². The number of hydrogen-bond donors (Lipinski definition) is 1. The maximum Gasteiger partial charge on any atom is 0.338 e. The van der Waals surface area contributed by atoms with Gasteiger partial charge in [0.15, 0.2) is 5.79 Å². The maximum absolute atomic E-state index is 12.0. The molecule has 3 rings (SSSR count). The van der Waals surface area contributed by atoms with E-state index >= 15 is 0 Å². The van der Waals surface area contributed by atoms with Gasteiger partial charge in [0.1, 0.15) is 24.4 Å². The Morgan fingerprint density at radius 1 is 1.19 bits per heavy atom. The molecule has 0 amide bonds. The molecule has 1 aliphatic carbocycles. The number of aliphatic hydroxyl groups is 1. The fraction of sp³-hybridized carbons (Fsp3) is 0.438. The summed E-state index contributed by atoms with van der Waals surface area (Å²) in [5.74, 6) is -1.22. The Bertz CT molecular complexity index is 551. The monoisotopic (exact) mass is 290 g/mol. The van der Waals surface area contributed by atoms with Gasteiger partial charge in [-0.25, -0.2) is 4.79 Å². The van der Waals surface area contributed by atoms with Crippen LogP contribution in [0.1, 0.15) is 24.2 Å². The summed E-state index contributed by atoms with van der Waals surface area (Å²) in [5.41, 5.74) is 0.448. The number of hydrogen-bond acceptors (Lipinski definition) is 5. The molecule has 5 heteroatoms. The van der Waals surface area contributed by atoms with Crippen molar-refractivity contribution in [2.24, 2.45) is 0 Å². The molecule has 5 nitrogen and oxygen atoms in total. The Balaban J connectivity index is 1.71. The van der Waals surface area contributed by atoms with Crippen LogP contribution >= 0.6 is 0 Å². The molecular formula is C16H18O5. The molecule has 0 spiro atoms. The third-order valence-corrected chi connectivity index (χ3v) is 3.58. The van der Waals surface area contributed by atoms with Crippen molar-refractivity contribution in [2.75, 3.05) is 0 Å². The van der Waals surface area contributed by atoms with Crippen LogP contribution in [0.15, 0.2) is 42.5 Å². The minimum absolute atomic E-state index is 0.318. The topological polar surface area (TPSA) is 65.0 Å². The van der Waals surface area contributed by atoms with Crippen LogP contribution in [0.25, 0.3) is 0 Å². The van der Waals surface area contributed by atoms with Gasteiger partial charge >= 0.3 is 5.97 Å². The predicted octanol–water partition coefficient (Wildman–Crippen LogP) is 1.66. The van der Waals surface area contributed by atoms with E-state index in [2.05, 4.69) is 0 Å². The van der Waals surface area contributed by atoms with Gasteiger partial charge in [-0.05, 0) is 32.1 Å². The number of benzene rings is 1. The first-order valence-electron chi connectivity index (χ1n) is 6.94. The summed E-state index contributed by atoms with van der Waals surface area (Å²) in [7, 11) is 0. The Kier molecular flexibility index (Phi) is 3.57. The van der Waals surface area contributed by atoms with Crippen LogP contribution in [0, 0.1) is 0 Å². The highest BCUT2D eigenvalue weighted by Crippen LogP contribution is 2.34. The van der Waals surface area contributed by atoms with E-state index < -0.39 is 30.1 Å². The third kappa shape index (κ3) is 2.85. The van der Waals surface area contributed by atoms with Crippen LogP contribution in [0.2, 0.25) is 0 Å². The van der Waals surface area contributed by atoms with Gasteiger partial charge in [-0.15, -0.1) is 0 Å². The molecule has 1 heterocycles. The van der Waals surface area contributed by atoms with Gasteiger partial charge in [-0.1, -0.05) is 24.3 Å². The van der Waals surface area contributed by atoms with Crippen molar-refractivity contribution in [3.63, 3.8) is 0 Å². The van der Waals surface area contributed by atoms with E-state index in [1.54, 1.807) is 50.3 Å². The standard InChI is InChI=1S/C16H18O5/c1-16(2)20-12-9-8-11(13(17)14(12)21-16)19-15(18)10-6-4-3-5-7-10/h3-9,11-14,17H,1-2H3/t11-,12+,13-,14+/m0/s1. The second kappa shape index (κ2) is 5.26. The second-order valence-electron chi connectivity index (χ2n) is 5.68. The molecule has 1 aromatic rings. The third-order valence-electron chi connectivity index (χ3n) is 3.58. The fourth-order valence-electron chi connectivity index (χ4n) is 2.62. The molecular weight excluding hydrogens is 272 g/mol. The number of rotatable bonds is 2. The van der Waals surface area contributed by atoms with Gasteiger partial charge in [-0.2, -0.15) is 0 Å². The van der Waals surface area contributed by atoms with Crippen molar-refractivity contribution in [2.45, 2.75) is 44.1 Å². The van der Waals surface area contributed by atoms with Gasteiger partial charge in [0.05, 0.1) is 5.56 Å². The van der Waals surface area contributed by atoms with Crippen molar-refractivity contribution in [3.8, 4) is 0 Å². The molecule has 112 valence electrons. The molecule has 1 aromatic carbocycles. The first kappa shape index (κ1) is 14.3. The molecule has 1 N–H and O–H groups in total. The number of esters is 1. The molecule has 0 saturated carbocycles. The molecule has 1 aliphatic heterocycles. The van der Waals surface area contributed by atoms with E-state index in [1.165, 1.54) is 0 Å².